The van der Waals surface area contributed by atoms with E-state index in [0.717, 1.165) is 63.6 Å². The van der Waals surface area contributed by atoms with E-state index in [2.05, 4.69) is 32.7 Å². The van der Waals surface area contributed by atoms with Crippen LogP contribution in [0.4, 0.5) is 0 Å². The topological polar surface area (TPSA) is 89.1 Å². The van der Waals surface area contributed by atoms with Crippen molar-refractivity contribution in [1.82, 2.24) is 24.6 Å². The molecule has 0 radical (unpaired) electrons. The van der Waals surface area contributed by atoms with Crippen molar-refractivity contribution in [3.8, 4) is 28.4 Å². The summed E-state index contributed by atoms with van der Waals surface area (Å²) >= 11 is 1.54. The molecular weight excluding hydrogens is 424 g/mol. The highest BCUT2D eigenvalue weighted by molar-refractivity contribution is 7.21. The van der Waals surface area contributed by atoms with Gasteiger partial charge in [0.2, 0.25) is 0 Å². The summed E-state index contributed by atoms with van der Waals surface area (Å²) in [6.45, 7) is 4.53. The number of ether oxygens (including phenoxy) is 2. The highest BCUT2D eigenvalue weighted by atomic mass is 32.1. The van der Waals surface area contributed by atoms with Gasteiger partial charge in [-0.3, -0.25) is 4.90 Å². The summed E-state index contributed by atoms with van der Waals surface area (Å²) in [5.74, 6) is 3.30. The van der Waals surface area contributed by atoms with Crippen LogP contribution in [0.2, 0.25) is 0 Å². The molecule has 162 valence electrons. The molecule has 5 rings (SSSR count). The monoisotopic (exact) mass is 446 g/mol. The quantitative estimate of drug-likeness (QED) is 0.457. The number of methoxy groups -OCH3 is 2. The molecule has 0 N–H and O–H groups in total. The number of nitriles is 1. The van der Waals surface area contributed by atoms with Crippen LogP contribution in [-0.2, 0) is 13.1 Å². The van der Waals surface area contributed by atoms with Crippen molar-refractivity contribution < 1.29 is 9.47 Å². The van der Waals surface area contributed by atoms with Crippen molar-refractivity contribution in [1.29, 1.82) is 5.26 Å². The summed E-state index contributed by atoms with van der Waals surface area (Å²) in [6.07, 6.45) is 0. The van der Waals surface area contributed by atoms with Crippen LogP contribution >= 0.6 is 11.3 Å². The lowest BCUT2D eigenvalue weighted by molar-refractivity contribution is 0.155. The van der Waals surface area contributed by atoms with E-state index in [0.29, 0.717) is 5.56 Å². The van der Waals surface area contributed by atoms with Gasteiger partial charge in [-0.15, -0.1) is 21.5 Å². The molecule has 0 bridgehead atoms. The van der Waals surface area contributed by atoms with Crippen molar-refractivity contribution >= 4 is 21.6 Å². The van der Waals surface area contributed by atoms with Crippen LogP contribution in [0.15, 0.2) is 36.4 Å². The predicted molar refractivity (Wildman–Crippen MR) is 122 cm³/mol. The maximum Gasteiger partial charge on any atom is 0.193 e. The third kappa shape index (κ3) is 3.47. The second-order valence-electron chi connectivity index (χ2n) is 7.67. The Balaban J connectivity index is 1.42. The Labute approximate surface area is 189 Å². The standard InChI is InChI=1S/C23H22N6O2S/c1-14-21-26-27-22(23-25-18-7-4-15(12-24)10-20(18)32-23)29(21)9-8-28(14)13-16-5-6-17(30-2)11-19(16)31-3/h4-7,10-11,14H,8-9,13H2,1-3H3/t14-/m1/s1. The van der Waals surface area contributed by atoms with Gasteiger partial charge in [0.15, 0.2) is 16.7 Å². The molecule has 0 aliphatic carbocycles. The number of thiazole rings is 1. The fraction of sp³-hybridized carbons (Fsp3) is 0.304. The van der Waals surface area contributed by atoms with Gasteiger partial charge in [-0.25, -0.2) is 4.98 Å². The summed E-state index contributed by atoms with van der Waals surface area (Å²) < 4.78 is 14.0. The average Bonchev–Trinajstić information content (AvgIpc) is 3.44. The molecule has 4 aromatic rings. The summed E-state index contributed by atoms with van der Waals surface area (Å²) in [5, 5.41) is 19.0. The summed E-state index contributed by atoms with van der Waals surface area (Å²) in [5.41, 5.74) is 2.61. The van der Waals surface area contributed by atoms with Crippen molar-refractivity contribution in [2.24, 2.45) is 0 Å². The highest BCUT2D eigenvalue weighted by Crippen LogP contribution is 2.35. The van der Waals surface area contributed by atoms with E-state index >= 15 is 0 Å². The number of hydrogen-bond donors (Lipinski definition) is 0. The van der Waals surface area contributed by atoms with Crippen molar-refractivity contribution in [2.45, 2.75) is 26.1 Å². The average molecular weight is 447 g/mol. The molecule has 8 nitrogen and oxygen atoms in total. The van der Waals surface area contributed by atoms with Gasteiger partial charge in [-0.1, -0.05) is 6.07 Å². The normalized spacial score (nSPS) is 16.0. The van der Waals surface area contributed by atoms with Gasteiger partial charge in [-0.2, -0.15) is 5.26 Å². The molecule has 0 amide bonds. The van der Waals surface area contributed by atoms with Crippen LogP contribution < -0.4 is 9.47 Å². The van der Waals surface area contributed by atoms with Crippen LogP contribution in [0.1, 0.15) is 29.9 Å². The van der Waals surface area contributed by atoms with Crippen LogP contribution in [0, 0.1) is 11.3 Å². The zero-order valence-corrected chi connectivity index (χ0v) is 18.9. The first-order valence-electron chi connectivity index (χ1n) is 10.3. The molecule has 0 spiro atoms. The van der Waals surface area contributed by atoms with Gasteiger partial charge >= 0.3 is 0 Å². The molecule has 1 atom stereocenters. The number of benzene rings is 2. The highest BCUT2D eigenvalue weighted by Gasteiger charge is 2.30. The van der Waals surface area contributed by atoms with Gasteiger partial charge in [-0.05, 0) is 31.2 Å². The van der Waals surface area contributed by atoms with E-state index in [-0.39, 0.29) is 6.04 Å². The van der Waals surface area contributed by atoms with E-state index in [1.807, 2.05) is 30.3 Å². The van der Waals surface area contributed by atoms with Crippen molar-refractivity contribution in [2.75, 3.05) is 20.8 Å². The maximum atomic E-state index is 9.15. The molecule has 0 unspecified atom stereocenters. The van der Waals surface area contributed by atoms with E-state index in [1.165, 1.54) is 0 Å². The Morgan fingerprint density at radius 3 is 2.78 bits per heavy atom. The summed E-state index contributed by atoms with van der Waals surface area (Å²) in [7, 11) is 3.33. The van der Waals surface area contributed by atoms with E-state index in [9.17, 15) is 0 Å². The second-order valence-corrected chi connectivity index (χ2v) is 8.70. The molecule has 1 aliphatic rings. The fourth-order valence-corrected chi connectivity index (χ4v) is 5.09. The lowest BCUT2D eigenvalue weighted by atomic mass is 10.1. The first-order chi connectivity index (χ1) is 15.6. The minimum Gasteiger partial charge on any atom is -0.497 e. The van der Waals surface area contributed by atoms with Gasteiger partial charge in [0.25, 0.3) is 0 Å². The van der Waals surface area contributed by atoms with Crippen molar-refractivity contribution in [3.63, 3.8) is 0 Å². The number of fused-ring (bicyclic) bond motifs is 2. The lowest BCUT2D eigenvalue weighted by Gasteiger charge is -2.33. The van der Waals surface area contributed by atoms with Crippen LogP contribution in [-0.4, -0.2) is 45.4 Å². The molecule has 32 heavy (non-hydrogen) atoms. The van der Waals surface area contributed by atoms with Gasteiger partial charge in [0, 0.05) is 31.3 Å². The van der Waals surface area contributed by atoms with Crippen molar-refractivity contribution in [3.05, 3.63) is 53.3 Å². The van der Waals surface area contributed by atoms with E-state index in [4.69, 9.17) is 19.7 Å². The Morgan fingerprint density at radius 1 is 1.12 bits per heavy atom. The molecule has 0 fully saturated rings. The largest absolute Gasteiger partial charge is 0.497 e. The molecule has 0 saturated carbocycles. The molecule has 3 heterocycles. The molecule has 1 aliphatic heterocycles. The van der Waals surface area contributed by atoms with Crippen LogP contribution in [0.25, 0.3) is 21.0 Å². The van der Waals surface area contributed by atoms with Crippen LogP contribution in [0.3, 0.4) is 0 Å². The minimum atomic E-state index is 0.0939. The molecular formula is C23H22N6O2S. The Kier molecular flexibility index (Phi) is 5.25. The number of rotatable bonds is 5. The number of aromatic nitrogens is 4. The van der Waals surface area contributed by atoms with E-state index < -0.39 is 0 Å². The number of hydrogen-bond acceptors (Lipinski definition) is 8. The minimum absolute atomic E-state index is 0.0939. The smallest absolute Gasteiger partial charge is 0.193 e. The Bertz CT molecular complexity index is 1340. The molecule has 9 heteroatoms. The zero-order chi connectivity index (χ0) is 22.2. The first kappa shape index (κ1) is 20.4. The lowest BCUT2D eigenvalue weighted by Crippen LogP contribution is -2.36. The van der Waals surface area contributed by atoms with E-state index in [1.54, 1.807) is 31.6 Å². The van der Waals surface area contributed by atoms with Gasteiger partial charge in [0.05, 0.1) is 42.1 Å². The maximum absolute atomic E-state index is 9.15. The van der Waals surface area contributed by atoms with Gasteiger partial charge < -0.3 is 14.0 Å². The number of nitrogens with zero attached hydrogens (tertiary/aromatic N) is 6. The SMILES string of the molecule is COc1ccc(CN2CCn3c(-c4nc5ccc(C#N)cc5s4)nnc3[C@H]2C)c(OC)c1. The third-order valence-electron chi connectivity index (χ3n) is 5.89. The summed E-state index contributed by atoms with van der Waals surface area (Å²) in [6, 6.07) is 13.7. The summed E-state index contributed by atoms with van der Waals surface area (Å²) in [4.78, 5) is 7.10. The molecule has 2 aromatic carbocycles. The zero-order valence-electron chi connectivity index (χ0n) is 18.1. The predicted octanol–water partition coefficient (Wildman–Crippen LogP) is 4.02. The molecule has 0 saturated heterocycles. The second kappa shape index (κ2) is 8.22. The molecule has 2 aromatic heterocycles. The third-order valence-corrected chi connectivity index (χ3v) is 6.90. The fourth-order valence-electron chi connectivity index (χ4n) is 4.10. The Morgan fingerprint density at radius 2 is 2.00 bits per heavy atom. The first-order valence-corrected chi connectivity index (χ1v) is 11.1. The van der Waals surface area contributed by atoms with Gasteiger partial charge in [0.1, 0.15) is 11.5 Å². The Hall–Kier alpha value is -3.48. The van der Waals surface area contributed by atoms with Crippen LogP contribution in [0.5, 0.6) is 11.5 Å².